The van der Waals surface area contributed by atoms with E-state index in [2.05, 4.69) is 46.7 Å². The zero-order valence-electron chi connectivity index (χ0n) is 10.0. The normalized spacial score (nSPS) is 12.5. The lowest BCUT2D eigenvalue weighted by Crippen LogP contribution is -2.13. The lowest BCUT2D eigenvalue weighted by molar-refractivity contribution is 0.395. The molecule has 1 aromatic heterocycles. The molecule has 1 heterocycles. The van der Waals surface area contributed by atoms with Crippen LogP contribution in [0.4, 0.5) is 0 Å². The van der Waals surface area contributed by atoms with Crippen LogP contribution in [-0.4, -0.2) is 24.0 Å². The van der Waals surface area contributed by atoms with Crippen LogP contribution in [0.3, 0.4) is 0 Å². The van der Waals surface area contributed by atoms with Gasteiger partial charge in [0.15, 0.2) is 0 Å². The molecule has 0 aromatic carbocycles. The van der Waals surface area contributed by atoms with Crippen LogP contribution in [0.15, 0.2) is 0 Å². The van der Waals surface area contributed by atoms with E-state index >= 15 is 0 Å². The van der Waals surface area contributed by atoms with Crippen LogP contribution in [-0.2, 0) is 12.0 Å². The number of aryl methyl sites for hydroxylation is 1. The minimum absolute atomic E-state index is 0.181. The Labute approximate surface area is 91.0 Å². The van der Waals surface area contributed by atoms with Crippen LogP contribution in [0.25, 0.3) is 0 Å². The summed E-state index contributed by atoms with van der Waals surface area (Å²) >= 11 is 1.83. The standard InChI is InChI=1S/C11H20N2S/c1-8-9(7-13(5)6)12-10(14-8)11(2,3)4/h7H2,1-6H3. The van der Waals surface area contributed by atoms with Crippen molar-refractivity contribution < 1.29 is 0 Å². The van der Waals surface area contributed by atoms with Gasteiger partial charge in [-0.2, -0.15) is 0 Å². The first kappa shape index (κ1) is 11.7. The summed E-state index contributed by atoms with van der Waals surface area (Å²) in [6, 6.07) is 0. The van der Waals surface area contributed by atoms with Crippen LogP contribution < -0.4 is 0 Å². The van der Waals surface area contributed by atoms with E-state index in [1.165, 1.54) is 15.6 Å². The molecule has 0 amide bonds. The quantitative estimate of drug-likeness (QED) is 0.749. The average molecular weight is 212 g/mol. The molecular weight excluding hydrogens is 192 g/mol. The fourth-order valence-corrected chi connectivity index (χ4v) is 2.18. The number of hydrogen-bond acceptors (Lipinski definition) is 3. The molecule has 3 heteroatoms. The molecule has 80 valence electrons. The van der Waals surface area contributed by atoms with Crippen molar-refractivity contribution in [2.24, 2.45) is 0 Å². The molecule has 1 rings (SSSR count). The molecule has 0 fully saturated rings. The van der Waals surface area contributed by atoms with E-state index < -0.39 is 0 Å². The largest absolute Gasteiger partial charge is 0.304 e. The van der Waals surface area contributed by atoms with Crippen molar-refractivity contribution in [3.8, 4) is 0 Å². The maximum atomic E-state index is 4.70. The van der Waals surface area contributed by atoms with Gasteiger partial charge >= 0.3 is 0 Å². The van der Waals surface area contributed by atoms with Crippen molar-refractivity contribution in [1.82, 2.24) is 9.88 Å². The van der Waals surface area contributed by atoms with E-state index in [4.69, 9.17) is 4.98 Å². The molecule has 14 heavy (non-hydrogen) atoms. The van der Waals surface area contributed by atoms with Crippen LogP contribution in [0, 0.1) is 6.92 Å². The molecular formula is C11H20N2S. The van der Waals surface area contributed by atoms with Gasteiger partial charge in [-0.1, -0.05) is 20.8 Å². The van der Waals surface area contributed by atoms with Crippen molar-refractivity contribution in [1.29, 1.82) is 0 Å². The summed E-state index contributed by atoms with van der Waals surface area (Å²) in [5.74, 6) is 0. The minimum Gasteiger partial charge on any atom is -0.304 e. The average Bonchev–Trinajstić information content (AvgIpc) is 2.30. The second-order valence-corrected chi connectivity index (χ2v) is 6.21. The second kappa shape index (κ2) is 3.99. The van der Waals surface area contributed by atoms with E-state index in [1.54, 1.807) is 0 Å². The fourth-order valence-electron chi connectivity index (χ4n) is 1.20. The highest BCUT2D eigenvalue weighted by molar-refractivity contribution is 7.11. The van der Waals surface area contributed by atoms with Gasteiger partial charge in [-0.3, -0.25) is 0 Å². The Morgan fingerprint density at radius 1 is 1.29 bits per heavy atom. The molecule has 0 N–H and O–H groups in total. The van der Waals surface area contributed by atoms with E-state index in [0.717, 1.165) is 6.54 Å². The minimum atomic E-state index is 0.181. The lowest BCUT2D eigenvalue weighted by Gasteiger charge is -2.13. The lowest BCUT2D eigenvalue weighted by atomic mass is 9.98. The summed E-state index contributed by atoms with van der Waals surface area (Å²) in [6.07, 6.45) is 0. The molecule has 0 radical (unpaired) electrons. The van der Waals surface area contributed by atoms with E-state index in [1.807, 2.05) is 11.3 Å². The third-order valence-corrected chi connectivity index (χ3v) is 3.44. The van der Waals surface area contributed by atoms with E-state index in [9.17, 15) is 0 Å². The molecule has 0 aliphatic heterocycles. The Morgan fingerprint density at radius 3 is 2.21 bits per heavy atom. The Balaban J connectivity index is 2.94. The summed E-state index contributed by atoms with van der Waals surface area (Å²) in [5.41, 5.74) is 1.41. The van der Waals surface area contributed by atoms with Crippen LogP contribution >= 0.6 is 11.3 Å². The van der Waals surface area contributed by atoms with Gasteiger partial charge in [-0.15, -0.1) is 11.3 Å². The van der Waals surface area contributed by atoms with E-state index in [-0.39, 0.29) is 5.41 Å². The highest BCUT2D eigenvalue weighted by atomic mass is 32.1. The van der Waals surface area contributed by atoms with Crippen molar-refractivity contribution in [3.05, 3.63) is 15.6 Å². The van der Waals surface area contributed by atoms with Gasteiger partial charge in [0.25, 0.3) is 0 Å². The maximum Gasteiger partial charge on any atom is 0.0985 e. The Morgan fingerprint density at radius 2 is 1.86 bits per heavy atom. The number of aromatic nitrogens is 1. The summed E-state index contributed by atoms with van der Waals surface area (Å²) in [5, 5.41) is 1.24. The summed E-state index contributed by atoms with van der Waals surface area (Å²) in [7, 11) is 4.16. The molecule has 0 unspecified atom stereocenters. The molecule has 0 aliphatic carbocycles. The van der Waals surface area contributed by atoms with Crippen LogP contribution in [0.5, 0.6) is 0 Å². The van der Waals surface area contributed by atoms with Gasteiger partial charge in [0, 0.05) is 16.8 Å². The molecule has 0 aliphatic rings. The first-order valence-corrected chi connectivity index (χ1v) is 5.74. The van der Waals surface area contributed by atoms with Crippen LogP contribution in [0.2, 0.25) is 0 Å². The number of thiazole rings is 1. The first-order valence-electron chi connectivity index (χ1n) is 4.92. The highest BCUT2D eigenvalue weighted by Gasteiger charge is 2.19. The SMILES string of the molecule is Cc1sc(C(C)(C)C)nc1CN(C)C. The molecule has 0 spiro atoms. The predicted molar refractivity (Wildman–Crippen MR) is 62.9 cm³/mol. The van der Waals surface area contributed by atoms with Crippen molar-refractivity contribution >= 4 is 11.3 Å². The molecule has 0 saturated heterocycles. The van der Waals surface area contributed by atoms with Gasteiger partial charge in [0.1, 0.15) is 0 Å². The predicted octanol–water partition coefficient (Wildman–Crippen LogP) is 2.81. The monoisotopic (exact) mass is 212 g/mol. The number of hydrogen-bond donors (Lipinski definition) is 0. The smallest absolute Gasteiger partial charge is 0.0985 e. The van der Waals surface area contributed by atoms with Gasteiger partial charge in [0.05, 0.1) is 10.7 Å². The molecule has 0 bridgehead atoms. The fraction of sp³-hybridized carbons (Fsp3) is 0.727. The van der Waals surface area contributed by atoms with Crippen molar-refractivity contribution in [2.45, 2.75) is 39.7 Å². The van der Waals surface area contributed by atoms with Crippen molar-refractivity contribution in [3.63, 3.8) is 0 Å². The van der Waals surface area contributed by atoms with Gasteiger partial charge in [-0.05, 0) is 21.0 Å². The number of rotatable bonds is 2. The first-order chi connectivity index (χ1) is 6.30. The van der Waals surface area contributed by atoms with Gasteiger partial charge < -0.3 is 4.90 Å². The van der Waals surface area contributed by atoms with E-state index in [0.29, 0.717) is 0 Å². The highest BCUT2D eigenvalue weighted by Crippen LogP contribution is 2.29. The molecule has 2 nitrogen and oxygen atoms in total. The second-order valence-electron chi connectivity index (χ2n) is 5.01. The number of nitrogens with zero attached hydrogens (tertiary/aromatic N) is 2. The van der Waals surface area contributed by atoms with Crippen molar-refractivity contribution in [2.75, 3.05) is 14.1 Å². The zero-order chi connectivity index (χ0) is 10.9. The Bertz CT molecular complexity index is 308. The topological polar surface area (TPSA) is 16.1 Å². The third kappa shape index (κ3) is 2.79. The summed E-state index contributed by atoms with van der Waals surface area (Å²) < 4.78 is 0. The molecule has 1 aromatic rings. The van der Waals surface area contributed by atoms with Gasteiger partial charge in [-0.25, -0.2) is 4.98 Å². The summed E-state index contributed by atoms with van der Waals surface area (Å²) in [4.78, 5) is 8.21. The molecule has 0 atom stereocenters. The Hall–Kier alpha value is -0.410. The van der Waals surface area contributed by atoms with Crippen LogP contribution in [0.1, 0.15) is 36.3 Å². The third-order valence-electron chi connectivity index (χ3n) is 2.00. The Kier molecular flexibility index (Phi) is 3.32. The van der Waals surface area contributed by atoms with Gasteiger partial charge in [0.2, 0.25) is 0 Å². The molecule has 0 saturated carbocycles. The maximum absolute atomic E-state index is 4.70. The summed E-state index contributed by atoms with van der Waals surface area (Å²) in [6.45, 7) is 9.74. The zero-order valence-corrected chi connectivity index (χ0v) is 10.8.